The first kappa shape index (κ1) is 27.3. The van der Waals surface area contributed by atoms with E-state index in [1.165, 1.54) is 16.7 Å². The summed E-state index contributed by atoms with van der Waals surface area (Å²) in [7, 11) is 3.86. The van der Waals surface area contributed by atoms with Crippen molar-refractivity contribution >= 4 is 17.6 Å². The van der Waals surface area contributed by atoms with Crippen LogP contribution in [0.1, 0.15) is 52.7 Å². The van der Waals surface area contributed by atoms with Gasteiger partial charge in [0.1, 0.15) is 0 Å². The van der Waals surface area contributed by atoms with Crippen molar-refractivity contribution in [2.45, 2.75) is 46.1 Å². The summed E-state index contributed by atoms with van der Waals surface area (Å²) < 4.78 is 1.54. The molecule has 10 heteroatoms. The van der Waals surface area contributed by atoms with Gasteiger partial charge in [-0.1, -0.05) is 18.2 Å². The fourth-order valence-corrected chi connectivity index (χ4v) is 4.71. The molecule has 38 heavy (non-hydrogen) atoms. The lowest BCUT2D eigenvalue weighted by Gasteiger charge is -2.18. The van der Waals surface area contributed by atoms with Gasteiger partial charge in [-0.2, -0.15) is 0 Å². The molecule has 1 saturated heterocycles. The molecule has 3 amide bonds. The van der Waals surface area contributed by atoms with E-state index in [0.717, 1.165) is 51.9 Å². The highest BCUT2D eigenvalue weighted by atomic mass is 16.2. The van der Waals surface area contributed by atoms with E-state index < -0.39 is 0 Å². The summed E-state index contributed by atoms with van der Waals surface area (Å²) in [6.45, 7) is 8.19. The van der Waals surface area contributed by atoms with Gasteiger partial charge in [0.05, 0.1) is 0 Å². The van der Waals surface area contributed by atoms with Crippen molar-refractivity contribution < 1.29 is 9.59 Å². The standard InChI is InChI=1S/C28H38N8O2/c1-20-9-10-22(15-21(20)2)19-34(3)12-6-5-11-29-28(38)30-25-17-23(26-31-32-33-35(26)4)16-24(18-25)27(37)36-13-7-8-14-36/h9-10,15-18H,5-8,11-14,19H2,1-4H3,(H2,29,30,38). The van der Waals surface area contributed by atoms with Gasteiger partial charge in [0.25, 0.3) is 5.91 Å². The number of amides is 3. The van der Waals surface area contributed by atoms with E-state index in [-0.39, 0.29) is 11.9 Å². The molecule has 2 N–H and O–H groups in total. The number of benzene rings is 2. The Balaban J connectivity index is 1.29. The first-order valence-corrected chi connectivity index (χ1v) is 13.3. The molecule has 0 aliphatic carbocycles. The predicted molar refractivity (Wildman–Crippen MR) is 148 cm³/mol. The maximum atomic E-state index is 13.1. The zero-order valence-electron chi connectivity index (χ0n) is 22.8. The minimum atomic E-state index is -0.304. The zero-order valence-corrected chi connectivity index (χ0v) is 22.8. The van der Waals surface area contributed by atoms with E-state index in [9.17, 15) is 9.59 Å². The van der Waals surface area contributed by atoms with Crippen LogP contribution >= 0.6 is 0 Å². The second kappa shape index (κ2) is 12.6. The Labute approximate surface area is 224 Å². The van der Waals surface area contributed by atoms with Crippen molar-refractivity contribution in [3.8, 4) is 11.4 Å². The van der Waals surface area contributed by atoms with Crippen LogP contribution in [0.5, 0.6) is 0 Å². The van der Waals surface area contributed by atoms with E-state index in [1.54, 1.807) is 29.9 Å². The van der Waals surface area contributed by atoms with Crippen LogP contribution < -0.4 is 10.6 Å². The molecule has 0 saturated carbocycles. The summed E-state index contributed by atoms with van der Waals surface area (Å²) in [5, 5.41) is 17.5. The van der Waals surface area contributed by atoms with Gasteiger partial charge >= 0.3 is 6.03 Å². The number of aromatic nitrogens is 4. The molecule has 0 spiro atoms. The highest BCUT2D eigenvalue weighted by Gasteiger charge is 2.21. The Hall–Kier alpha value is -3.79. The summed E-state index contributed by atoms with van der Waals surface area (Å²) in [5.74, 6) is 0.474. The zero-order chi connectivity index (χ0) is 27.1. The lowest BCUT2D eigenvalue weighted by molar-refractivity contribution is 0.0793. The van der Waals surface area contributed by atoms with Crippen LogP contribution in [0.25, 0.3) is 11.4 Å². The van der Waals surface area contributed by atoms with Crippen LogP contribution in [-0.4, -0.2) is 75.2 Å². The molecule has 1 fully saturated rings. The molecule has 1 aliphatic rings. The predicted octanol–water partition coefficient (Wildman–Crippen LogP) is 3.76. The molecule has 1 aliphatic heterocycles. The van der Waals surface area contributed by atoms with Crippen molar-refractivity contribution in [2.75, 3.05) is 38.5 Å². The molecule has 202 valence electrons. The minimum Gasteiger partial charge on any atom is -0.339 e. The lowest BCUT2D eigenvalue weighted by atomic mass is 10.1. The first-order valence-electron chi connectivity index (χ1n) is 13.3. The third-order valence-corrected chi connectivity index (χ3v) is 6.99. The summed E-state index contributed by atoms with van der Waals surface area (Å²) in [5.41, 5.74) is 5.65. The number of carbonyl (C=O) groups excluding carboxylic acids is 2. The van der Waals surface area contributed by atoms with Gasteiger partial charge in [-0.3, -0.25) is 4.79 Å². The van der Waals surface area contributed by atoms with Crippen molar-refractivity contribution in [1.82, 2.24) is 35.3 Å². The van der Waals surface area contributed by atoms with Crippen molar-refractivity contribution in [2.24, 2.45) is 7.05 Å². The Morgan fingerprint density at radius 2 is 1.82 bits per heavy atom. The number of likely N-dealkylation sites (tertiary alicyclic amines) is 1. The maximum absolute atomic E-state index is 13.1. The van der Waals surface area contributed by atoms with Gasteiger partial charge < -0.3 is 20.4 Å². The molecule has 0 bridgehead atoms. The highest BCUT2D eigenvalue weighted by Crippen LogP contribution is 2.25. The second-order valence-corrected chi connectivity index (χ2v) is 10.2. The topological polar surface area (TPSA) is 108 Å². The number of hydrogen-bond donors (Lipinski definition) is 2. The molecule has 0 unspecified atom stereocenters. The van der Waals surface area contributed by atoms with Gasteiger partial charge in [0, 0.05) is 50.0 Å². The number of urea groups is 1. The minimum absolute atomic E-state index is 0.0483. The van der Waals surface area contributed by atoms with Gasteiger partial charge in [0.2, 0.25) is 0 Å². The average Bonchev–Trinajstić information content (AvgIpc) is 3.57. The molecule has 10 nitrogen and oxygen atoms in total. The fraction of sp³-hybridized carbons (Fsp3) is 0.464. The molecule has 0 atom stereocenters. The SMILES string of the molecule is Cc1ccc(CN(C)CCCCNC(=O)Nc2cc(C(=O)N3CCCC3)cc(-c3nnnn3C)c2)cc1C. The van der Waals surface area contributed by atoms with Crippen molar-refractivity contribution in [3.63, 3.8) is 0 Å². The number of hydrogen-bond acceptors (Lipinski definition) is 6. The summed E-state index contributed by atoms with van der Waals surface area (Å²) in [6, 6.07) is 11.6. The van der Waals surface area contributed by atoms with Crippen LogP contribution in [0, 0.1) is 13.8 Å². The Morgan fingerprint density at radius 1 is 1.03 bits per heavy atom. The fourth-order valence-electron chi connectivity index (χ4n) is 4.71. The average molecular weight is 519 g/mol. The van der Waals surface area contributed by atoms with Gasteiger partial charge in [0.15, 0.2) is 5.82 Å². The maximum Gasteiger partial charge on any atom is 0.319 e. The van der Waals surface area contributed by atoms with Crippen LogP contribution in [0.4, 0.5) is 10.5 Å². The van der Waals surface area contributed by atoms with Gasteiger partial charge in [-0.05, 0) is 98.4 Å². The molecule has 0 radical (unpaired) electrons. The Bertz CT molecular complexity index is 1270. The summed E-state index contributed by atoms with van der Waals surface area (Å²) in [6.07, 6.45) is 3.86. The quantitative estimate of drug-likeness (QED) is 0.396. The third kappa shape index (κ3) is 7.16. The number of unbranched alkanes of at least 4 members (excludes halogenated alkanes) is 1. The van der Waals surface area contributed by atoms with Crippen molar-refractivity contribution in [1.29, 1.82) is 0 Å². The number of nitrogens with one attached hydrogen (secondary N) is 2. The molecule has 1 aromatic heterocycles. The summed E-state index contributed by atoms with van der Waals surface area (Å²) in [4.78, 5) is 29.9. The molecule has 2 aromatic carbocycles. The Morgan fingerprint density at radius 3 is 2.53 bits per heavy atom. The van der Waals surface area contributed by atoms with Crippen LogP contribution in [0.2, 0.25) is 0 Å². The van der Waals surface area contributed by atoms with Crippen molar-refractivity contribution in [3.05, 3.63) is 58.7 Å². The lowest BCUT2D eigenvalue weighted by Crippen LogP contribution is -2.30. The number of carbonyl (C=O) groups is 2. The smallest absolute Gasteiger partial charge is 0.319 e. The third-order valence-electron chi connectivity index (χ3n) is 6.99. The van der Waals surface area contributed by atoms with Crippen LogP contribution in [0.15, 0.2) is 36.4 Å². The van der Waals surface area contributed by atoms with Crippen LogP contribution in [0.3, 0.4) is 0 Å². The number of aryl methyl sites for hydroxylation is 3. The Kier molecular flexibility index (Phi) is 9.06. The van der Waals surface area contributed by atoms with E-state index in [1.807, 2.05) is 4.90 Å². The molecule has 3 aromatic rings. The van der Waals surface area contributed by atoms with Crippen LogP contribution in [-0.2, 0) is 13.6 Å². The molecular weight excluding hydrogens is 480 g/mol. The molecule has 2 heterocycles. The number of tetrazole rings is 1. The number of anilines is 1. The van der Waals surface area contributed by atoms with Gasteiger partial charge in [-0.15, -0.1) is 5.10 Å². The number of rotatable bonds is 10. The molecular formula is C28H38N8O2. The largest absolute Gasteiger partial charge is 0.339 e. The number of nitrogens with zero attached hydrogens (tertiary/aromatic N) is 6. The van der Waals surface area contributed by atoms with E-state index >= 15 is 0 Å². The molecule has 4 rings (SSSR count). The second-order valence-electron chi connectivity index (χ2n) is 10.2. The normalized spacial score (nSPS) is 13.2. The highest BCUT2D eigenvalue weighted by molar-refractivity contribution is 5.98. The van der Waals surface area contributed by atoms with E-state index in [0.29, 0.717) is 29.2 Å². The van der Waals surface area contributed by atoms with E-state index in [4.69, 9.17) is 0 Å². The monoisotopic (exact) mass is 518 g/mol. The van der Waals surface area contributed by atoms with E-state index in [2.05, 4.69) is 70.2 Å². The van der Waals surface area contributed by atoms with Gasteiger partial charge in [-0.25, -0.2) is 9.48 Å². The summed E-state index contributed by atoms with van der Waals surface area (Å²) >= 11 is 0. The first-order chi connectivity index (χ1) is 18.3.